The van der Waals surface area contributed by atoms with Gasteiger partial charge < -0.3 is 4.90 Å². The van der Waals surface area contributed by atoms with Crippen LogP contribution in [0.3, 0.4) is 0 Å². The van der Waals surface area contributed by atoms with E-state index in [4.69, 9.17) is 5.26 Å². The smallest absolute Gasteiger partial charge is 0.224 e. The molecule has 2 fully saturated rings. The third-order valence-electron chi connectivity index (χ3n) is 3.13. The van der Waals surface area contributed by atoms with Crippen LogP contribution in [0, 0.1) is 23.2 Å². The molecule has 1 unspecified atom stereocenters. The number of rotatable bonds is 1. The second kappa shape index (κ2) is 3.02. The standard InChI is InChI=1S/C10H14N2O/c1-7-2-9(3-7)12-6-8(5-11)4-10(12)13/h7-9H,2-4,6H2,1H3. The highest BCUT2D eigenvalue weighted by molar-refractivity contribution is 5.79. The van der Waals surface area contributed by atoms with Crippen molar-refractivity contribution in [3.8, 4) is 6.07 Å². The molecule has 0 N–H and O–H groups in total. The summed E-state index contributed by atoms with van der Waals surface area (Å²) < 4.78 is 0. The third kappa shape index (κ3) is 1.41. The van der Waals surface area contributed by atoms with Crippen LogP contribution in [0.25, 0.3) is 0 Å². The molecule has 0 radical (unpaired) electrons. The van der Waals surface area contributed by atoms with E-state index in [1.807, 2.05) is 4.90 Å². The number of carbonyl (C=O) groups is 1. The highest BCUT2D eigenvalue weighted by atomic mass is 16.2. The first-order valence-electron chi connectivity index (χ1n) is 4.89. The first kappa shape index (κ1) is 8.55. The fourth-order valence-corrected chi connectivity index (χ4v) is 2.29. The maximum atomic E-state index is 11.5. The summed E-state index contributed by atoms with van der Waals surface area (Å²) in [5, 5.41) is 8.70. The quantitative estimate of drug-likeness (QED) is 0.604. The highest BCUT2D eigenvalue weighted by Crippen LogP contribution is 2.34. The van der Waals surface area contributed by atoms with Crippen molar-refractivity contribution in [1.82, 2.24) is 4.90 Å². The number of carbonyl (C=O) groups excluding carboxylic acids is 1. The molecule has 1 aliphatic carbocycles. The van der Waals surface area contributed by atoms with Crippen LogP contribution in [0.4, 0.5) is 0 Å². The average Bonchev–Trinajstić information content (AvgIpc) is 2.41. The van der Waals surface area contributed by atoms with E-state index in [2.05, 4.69) is 13.0 Å². The van der Waals surface area contributed by atoms with Crippen LogP contribution in [0.1, 0.15) is 26.2 Å². The molecule has 0 bridgehead atoms. The minimum atomic E-state index is -0.0524. The number of hydrogen-bond acceptors (Lipinski definition) is 2. The first-order chi connectivity index (χ1) is 6.20. The van der Waals surface area contributed by atoms with Gasteiger partial charge in [-0.15, -0.1) is 0 Å². The molecule has 3 nitrogen and oxygen atoms in total. The molecular formula is C10H14N2O. The molecule has 0 spiro atoms. The molecule has 1 heterocycles. The SMILES string of the molecule is CC1CC(N2CC(C#N)CC2=O)C1. The van der Waals surface area contributed by atoms with Crippen molar-refractivity contribution in [3.63, 3.8) is 0 Å². The lowest BCUT2D eigenvalue weighted by Gasteiger charge is -2.39. The van der Waals surface area contributed by atoms with Crippen molar-refractivity contribution in [2.45, 2.75) is 32.2 Å². The van der Waals surface area contributed by atoms with Crippen LogP contribution < -0.4 is 0 Å². The van der Waals surface area contributed by atoms with E-state index in [0.29, 0.717) is 19.0 Å². The summed E-state index contributed by atoms with van der Waals surface area (Å²) in [6.07, 6.45) is 2.70. The normalized spacial score (nSPS) is 38.6. The van der Waals surface area contributed by atoms with Gasteiger partial charge in [-0.05, 0) is 18.8 Å². The predicted molar refractivity (Wildman–Crippen MR) is 47.6 cm³/mol. The average molecular weight is 178 g/mol. The Morgan fingerprint density at radius 2 is 2.23 bits per heavy atom. The Bertz CT molecular complexity index is 263. The van der Waals surface area contributed by atoms with E-state index >= 15 is 0 Å². The van der Waals surface area contributed by atoms with Gasteiger partial charge in [-0.2, -0.15) is 5.26 Å². The fourth-order valence-electron chi connectivity index (χ4n) is 2.29. The lowest BCUT2D eigenvalue weighted by atomic mass is 9.81. The third-order valence-corrected chi connectivity index (χ3v) is 3.13. The van der Waals surface area contributed by atoms with Crippen molar-refractivity contribution in [2.75, 3.05) is 6.54 Å². The molecule has 1 saturated carbocycles. The Hall–Kier alpha value is -1.04. The number of hydrogen-bond donors (Lipinski definition) is 0. The molecule has 1 saturated heterocycles. The second-order valence-corrected chi connectivity index (χ2v) is 4.31. The number of nitrogens with zero attached hydrogens (tertiary/aromatic N) is 2. The Kier molecular flexibility index (Phi) is 1.99. The van der Waals surface area contributed by atoms with Crippen LogP contribution in [0.2, 0.25) is 0 Å². The summed E-state index contributed by atoms with van der Waals surface area (Å²) in [7, 11) is 0. The van der Waals surface area contributed by atoms with Crippen molar-refractivity contribution >= 4 is 5.91 Å². The van der Waals surface area contributed by atoms with E-state index in [-0.39, 0.29) is 11.8 Å². The molecule has 3 heteroatoms. The molecule has 0 aromatic rings. The van der Waals surface area contributed by atoms with Crippen molar-refractivity contribution in [3.05, 3.63) is 0 Å². The molecule has 1 amide bonds. The summed E-state index contributed by atoms with van der Waals surface area (Å²) >= 11 is 0. The molecule has 0 aromatic heterocycles. The van der Waals surface area contributed by atoms with Gasteiger partial charge in [0.05, 0.1) is 12.0 Å². The molecule has 0 aromatic carbocycles. The summed E-state index contributed by atoms with van der Waals surface area (Å²) in [6, 6.07) is 2.62. The zero-order valence-electron chi connectivity index (χ0n) is 7.86. The number of amides is 1. The van der Waals surface area contributed by atoms with E-state index < -0.39 is 0 Å². The van der Waals surface area contributed by atoms with Gasteiger partial charge in [0.2, 0.25) is 5.91 Å². The Morgan fingerprint density at radius 3 is 2.69 bits per heavy atom. The lowest BCUT2D eigenvalue weighted by molar-refractivity contribution is -0.131. The first-order valence-corrected chi connectivity index (χ1v) is 4.89. The van der Waals surface area contributed by atoms with Crippen LogP contribution in [0.15, 0.2) is 0 Å². The van der Waals surface area contributed by atoms with Gasteiger partial charge in [0.15, 0.2) is 0 Å². The van der Waals surface area contributed by atoms with Gasteiger partial charge in [-0.1, -0.05) is 6.92 Å². The summed E-state index contributed by atoms with van der Waals surface area (Å²) in [4.78, 5) is 13.4. The van der Waals surface area contributed by atoms with Gasteiger partial charge in [0.1, 0.15) is 0 Å². The van der Waals surface area contributed by atoms with Gasteiger partial charge in [0.25, 0.3) is 0 Å². The van der Waals surface area contributed by atoms with Gasteiger partial charge in [0, 0.05) is 19.0 Å². The molecule has 2 rings (SSSR count). The van der Waals surface area contributed by atoms with E-state index in [1.54, 1.807) is 0 Å². The van der Waals surface area contributed by atoms with Crippen LogP contribution in [0.5, 0.6) is 0 Å². The van der Waals surface area contributed by atoms with E-state index in [0.717, 1.165) is 18.8 Å². The van der Waals surface area contributed by atoms with Crippen LogP contribution in [-0.4, -0.2) is 23.4 Å². The van der Waals surface area contributed by atoms with Gasteiger partial charge in [-0.3, -0.25) is 4.79 Å². The van der Waals surface area contributed by atoms with Crippen molar-refractivity contribution < 1.29 is 4.79 Å². The molecule has 1 atom stereocenters. The van der Waals surface area contributed by atoms with Crippen LogP contribution >= 0.6 is 0 Å². The molecule has 13 heavy (non-hydrogen) atoms. The van der Waals surface area contributed by atoms with Crippen LogP contribution in [-0.2, 0) is 4.79 Å². The topological polar surface area (TPSA) is 44.1 Å². The second-order valence-electron chi connectivity index (χ2n) is 4.31. The minimum Gasteiger partial charge on any atom is -0.338 e. The summed E-state index contributed by atoms with van der Waals surface area (Å²) in [5.41, 5.74) is 0. The predicted octanol–water partition coefficient (Wildman–Crippen LogP) is 1.16. The van der Waals surface area contributed by atoms with E-state index in [1.165, 1.54) is 0 Å². The fraction of sp³-hybridized carbons (Fsp3) is 0.800. The molecule has 2 aliphatic rings. The monoisotopic (exact) mass is 178 g/mol. The number of nitriles is 1. The highest BCUT2D eigenvalue weighted by Gasteiger charge is 2.39. The largest absolute Gasteiger partial charge is 0.338 e. The summed E-state index contributed by atoms with van der Waals surface area (Å²) in [5.74, 6) is 0.894. The maximum absolute atomic E-state index is 11.5. The Labute approximate surface area is 78.3 Å². The zero-order chi connectivity index (χ0) is 9.42. The number of likely N-dealkylation sites (tertiary alicyclic amines) is 1. The Balaban J connectivity index is 1.95. The van der Waals surface area contributed by atoms with E-state index in [9.17, 15) is 4.79 Å². The lowest BCUT2D eigenvalue weighted by Crippen LogP contribution is -2.44. The minimum absolute atomic E-state index is 0.0524. The zero-order valence-corrected chi connectivity index (χ0v) is 7.86. The van der Waals surface area contributed by atoms with Gasteiger partial charge >= 0.3 is 0 Å². The van der Waals surface area contributed by atoms with Crippen molar-refractivity contribution in [2.24, 2.45) is 11.8 Å². The summed E-state index contributed by atoms with van der Waals surface area (Å²) in [6.45, 7) is 2.88. The molecular weight excluding hydrogens is 164 g/mol. The molecule has 1 aliphatic heterocycles. The van der Waals surface area contributed by atoms with Gasteiger partial charge in [-0.25, -0.2) is 0 Å². The maximum Gasteiger partial charge on any atom is 0.224 e. The van der Waals surface area contributed by atoms with Crippen molar-refractivity contribution in [1.29, 1.82) is 5.26 Å². The molecule has 70 valence electrons. The Morgan fingerprint density at radius 1 is 1.54 bits per heavy atom.